The summed E-state index contributed by atoms with van der Waals surface area (Å²) in [6.45, 7) is 4.52. The molecule has 0 nitrogen and oxygen atoms in total. The molecule has 4 aromatic carbocycles. The number of rotatable bonds is 0. The molecule has 0 N–H and O–H groups in total. The summed E-state index contributed by atoms with van der Waals surface area (Å²) in [4.78, 5) is 0. The van der Waals surface area contributed by atoms with Crippen molar-refractivity contribution in [3.8, 4) is 11.1 Å². The average molecular weight is 294 g/mol. The Bertz CT molecular complexity index is 1100. The Morgan fingerprint density at radius 1 is 0.565 bits per heavy atom. The predicted octanol–water partition coefficient (Wildman–Crippen LogP) is 6.18. The van der Waals surface area contributed by atoms with Crippen LogP contribution in [0.1, 0.15) is 22.3 Å². The maximum absolute atomic E-state index is 2.43. The first-order valence-electron chi connectivity index (χ1n) is 8.27. The van der Waals surface area contributed by atoms with E-state index in [1.807, 2.05) is 0 Å². The molecule has 23 heavy (non-hydrogen) atoms. The Labute approximate surface area is 136 Å². The van der Waals surface area contributed by atoms with Crippen molar-refractivity contribution in [1.29, 1.82) is 0 Å². The molecule has 1 aliphatic carbocycles. The van der Waals surface area contributed by atoms with Gasteiger partial charge in [0.25, 0.3) is 0 Å². The third-order valence-corrected chi connectivity index (χ3v) is 5.47. The van der Waals surface area contributed by atoms with Crippen molar-refractivity contribution in [3.05, 3.63) is 82.9 Å². The number of hydrogen-bond donors (Lipinski definition) is 0. The quantitative estimate of drug-likeness (QED) is 0.299. The molecule has 0 heterocycles. The highest BCUT2D eigenvalue weighted by molar-refractivity contribution is 6.07. The summed E-state index contributed by atoms with van der Waals surface area (Å²) in [6, 6.07) is 22.5. The zero-order valence-corrected chi connectivity index (χ0v) is 13.5. The van der Waals surface area contributed by atoms with E-state index in [0.29, 0.717) is 0 Å². The van der Waals surface area contributed by atoms with E-state index in [9.17, 15) is 0 Å². The van der Waals surface area contributed by atoms with Gasteiger partial charge in [-0.2, -0.15) is 0 Å². The van der Waals surface area contributed by atoms with E-state index in [1.165, 1.54) is 54.9 Å². The lowest BCUT2D eigenvalue weighted by atomic mass is 9.90. The van der Waals surface area contributed by atoms with Gasteiger partial charge in [-0.15, -0.1) is 0 Å². The Morgan fingerprint density at radius 2 is 1.17 bits per heavy atom. The van der Waals surface area contributed by atoms with E-state index >= 15 is 0 Å². The second-order valence-electron chi connectivity index (χ2n) is 6.68. The molecule has 110 valence electrons. The fraction of sp³-hybridized carbons (Fsp3) is 0.130. The molecule has 0 atom stereocenters. The maximum atomic E-state index is 2.43. The zero-order valence-electron chi connectivity index (χ0n) is 13.5. The first-order chi connectivity index (χ1) is 11.2. The van der Waals surface area contributed by atoms with Gasteiger partial charge < -0.3 is 0 Å². The van der Waals surface area contributed by atoms with Crippen molar-refractivity contribution in [2.45, 2.75) is 20.3 Å². The van der Waals surface area contributed by atoms with Gasteiger partial charge in [-0.1, -0.05) is 48.5 Å². The van der Waals surface area contributed by atoms with Crippen LogP contribution in [0.5, 0.6) is 0 Å². The Kier molecular flexibility index (Phi) is 2.50. The first kappa shape index (κ1) is 12.9. The van der Waals surface area contributed by atoms with Gasteiger partial charge in [-0.3, -0.25) is 0 Å². The van der Waals surface area contributed by atoms with Crippen LogP contribution in [0.3, 0.4) is 0 Å². The minimum atomic E-state index is 1.06. The van der Waals surface area contributed by atoms with Crippen LogP contribution in [0, 0.1) is 13.8 Å². The van der Waals surface area contributed by atoms with Crippen LogP contribution in [0.15, 0.2) is 60.7 Å². The molecule has 1 aliphatic rings. The van der Waals surface area contributed by atoms with Crippen LogP contribution >= 0.6 is 0 Å². The maximum Gasteiger partial charge on any atom is -0.00132 e. The lowest BCUT2D eigenvalue weighted by Crippen LogP contribution is -1.90. The van der Waals surface area contributed by atoms with E-state index in [4.69, 9.17) is 0 Å². The molecule has 0 unspecified atom stereocenters. The number of benzene rings is 4. The van der Waals surface area contributed by atoms with Gasteiger partial charge in [-0.05, 0) is 87.3 Å². The third-order valence-electron chi connectivity index (χ3n) is 5.47. The summed E-state index contributed by atoms with van der Waals surface area (Å²) in [6.07, 6.45) is 1.06. The summed E-state index contributed by atoms with van der Waals surface area (Å²) in [5, 5.41) is 5.57. The molecule has 0 aromatic heterocycles. The molecule has 0 amide bonds. The average Bonchev–Trinajstić information content (AvgIpc) is 2.96. The van der Waals surface area contributed by atoms with Gasteiger partial charge in [-0.25, -0.2) is 0 Å². The highest BCUT2D eigenvalue weighted by Crippen LogP contribution is 2.41. The topological polar surface area (TPSA) is 0 Å². The molecule has 0 fully saturated rings. The van der Waals surface area contributed by atoms with Gasteiger partial charge in [0, 0.05) is 0 Å². The molecule has 0 bridgehead atoms. The predicted molar refractivity (Wildman–Crippen MR) is 99.2 cm³/mol. The van der Waals surface area contributed by atoms with Gasteiger partial charge >= 0.3 is 0 Å². The first-order valence-corrected chi connectivity index (χ1v) is 8.27. The summed E-state index contributed by atoms with van der Waals surface area (Å²) in [7, 11) is 0. The lowest BCUT2D eigenvalue weighted by Gasteiger charge is -2.14. The van der Waals surface area contributed by atoms with Gasteiger partial charge in [0.2, 0.25) is 0 Å². The summed E-state index contributed by atoms with van der Waals surface area (Å²) >= 11 is 0. The van der Waals surface area contributed by atoms with Crippen molar-refractivity contribution < 1.29 is 0 Å². The van der Waals surface area contributed by atoms with E-state index < -0.39 is 0 Å². The number of fused-ring (bicyclic) bond motifs is 5. The van der Waals surface area contributed by atoms with Crippen LogP contribution in [0.4, 0.5) is 0 Å². The molecule has 0 radical (unpaired) electrons. The van der Waals surface area contributed by atoms with Crippen molar-refractivity contribution in [2.24, 2.45) is 0 Å². The SMILES string of the molecule is Cc1c2ccccc2c(C)c2cc3c(cc12)Cc1ccccc1-3. The molecule has 0 spiro atoms. The Hall–Kier alpha value is -2.60. The molecule has 0 heteroatoms. The highest BCUT2D eigenvalue weighted by Gasteiger charge is 2.20. The van der Waals surface area contributed by atoms with Gasteiger partial charge in [0.05, 0.1) is 0 Å². The molecular formula is C23H18. The van der Waals surface area contributed by atoms with Gasteiger partial charge in [0.15, 0.2) is 0 Å². The minimum Gasteiger partial charge on any atom is -0.0619 e. The fourth-order valence-corrected chi connectivity index (χ4v) is 4.23. The van der Waals surface area contributed by atoms with E-state index in [2.05, 4.69) is 74.5 Å². The third kappa shape index (κ3) is 1.66. The second-order valence-corrected chi connectivity index (χ2v) is 6.68. The van der Waals surface area contributed by atoms with E-state index in [0.717, 1.165) is 6.42 Å². The molecule has 5 rings (SSSR count). The number of aryl methyl sites for hydroxylation is 2. The van der Waals surface area contributed by atoms with Crippen molar-refractivity contribution >= 4 is 21.5 Å². The Balaban J connectivity index is 1.94. The second kappa shape index (κ2) is 4.45. The molecule has 4 aromatic rings. The number of hydrogen-bond acceptors (Lipinski definition) is 0. The van der Waals surface area contributed by atoms with Gasteiger partial charge in [0.1, 0.15) is 0 Å². The molecule has 0 aliphatic heterocycles. The minimum absolute atomic E-state index is 1.06. The fourth-order valence-electron chi connectivity index (χ4n) is 4.23. The monoisotopic (exact) mass is 294 g/mol. The van der Waals surface area contributed by atoms with Crippen LogP contribution in [-0.4, -0.2) is 0 Å². The standard InChI is InChI=1S/C23H18/c1-14-18-8-5-6-9-19(18)15(2)22-13-23-17(12-21(14)22)11-16-7-3-4-10-20(16)23/h3-10,12-13H,11H2,1-2H3. The van der Waals surface area contributed by atoms with Crippen LogP contribution in [0.2, 0.25) is 0 Å². The largest absolute Gasteiger partial charge is 0.0619 e. The van der Waals surface area contributed by atoms with Crippen molar-refractivity contribution in [1.82, 2.24) is 0 Å². The van der Waals surface area contributed by atoms with E-state index in [-0.39, 0.29) is 0 Å². The normalized spacial score (nSPS) is 12.6. The molecule has 0 saturated heterocycles. The summed E-state index contributed by atoms with van der Waals surface area (Å²) in [5.41, 5.74) is 8.56. The van der Waals surface area contributed by atoms with Crippen molar-refractivity contribution in [2.75, 3.05) is 0 Å². The smallest absolute Gasteiger partial charge is 0.00132 e. The highest BCUT2D eigenvalue weighted by atomic mass is 14.2. The summed E-state index contributed by atoms with van der Waals surface area (Å²) < 4.78 is 0. The molecule has 0 saturated carbocycles. The Morgan fingerprint density at radius 3 is 1.91 bits per heavy atom. The van der Waals surface area contributed by atoms with Crippen LogP contribution in [-0.2, 0) is 6.42 Å². The van der Waals surface area contributed by atoms with E-state index in [1.54, 1.807) is 0 Å². The zero-order chi connectivity index (χ0) is 15.6. The summed E-state index contributed by atoms with van der Waals surface area (Å²) in [5.74, 6) is 0. The van der Waals surface area contributed by atoms with Crippen molar-refractivity contribution in [3.63, 3.8) is 0 Å². The lowest BCUT2D eigenvalue weighted by molar-refractivity contribution is 1.27. The van der Waals surface area contributed by atoms with Crippen LogP contribution in [0.25, 0.3) is 32.7 Å². The molecular weight excluding hydrogens is 276 g/mol. The van der Waals surface area contributed by atoms with Crippen LogP contribution < -0.4 is 0 Å².